The molecule has 2 aromatic heterocycles. The summed E-state index contributed by atoms with van der Waals surface area (Å²) in [7, 11) is 0. The number of halogens is 1. The maximum absolute atomic E-state index is 13.4. The molecule has 4 aromatic rings. The molecule has 2 heterocycles. The largest absolute Gasteiger partial charge is 0.493 e. The molecule has 162 valence electrons. The van der Waals surface area contributed by atoms with E-state index in [1.54, 1.807) is 30.7 Å². The Labute approximate surface area is 185 Å². The van der Waals surface area contributed by atoms with Crippen LogP contribution in [0.25, 0.3) is 27.7 Å². The molecule has 0 unspecified atom stereocenters. The molecule has 0 radical (unpaired) electrons. The van der Waals surface area contributed by atoms with Crippen molar-refractivity contribution in [3.05, 3.63) is 90.2 Å². The average Bonchev–Trinajstić information content (AvgIpc) is 3.21. The van der Waals surface area contributed by atoms with Crippen LogP contribution >= 0.6 is 0 Å². The van der Waals surface area contributed by atoms with Gasteiger partial charge in [-0.15, -0.1) is 0 Å². The van der Waals surface area contributed by atoms with Crippen LogP contribution < -0.4 is 10.1 Å². The van der Waals surface area contributed by atoms with Gasteiger partial charge in [-0.2, -0.15) is 0 Å². The number of benzene rings is 2. The van der Waals surface area contributed by atoms with E-state index in [2.05, 4.69) is 10.3 Å². The predicted molar refractivity (Wildman–Crippen MR) is 123 cm³/mol. The summed E-state index contributed by atoms with van der Waals surface area (Å²) in [6.45, 7) is 4.58. The Balaban J connectivity index is 1.66. The molecule has 0 bridgehead atoms. The number of rotatable bonds is 7. The SMILES string of the molecule is CCOc1cc2occ(-c3ccc(F)cc3)c2cc1/C(C)=C/C(=O)NCc1ccccn1. The number of allylic oxidation sites excluding steroid dienone is 1. The van der Waals surface area contributed by atoms with Crippen LogP contribution in [0.5, 0.6) is 5.75 Å². The van der Waals surface area contributed by atoms with E-state index in [-0.39, 0.29) is 11.7 Å². The molecule has 0 aliphatic carbocycles. The van der Waals surface area contributed by atoms with Gasteiger partial charge in [0.2, 0.25) is 5.91 Å². The summed E-state index contributed by atoms with van der Waals surface area (Å²) in [5, 5.41) is 3.71. The van der Waals surface area contributed by atoms with Crippen molar-refractivity contribution >= 4 is 22.4 Å². The lowest BCUT2D eigenvalue weighted by atomic mass is 9.99. The molecule has 0 saturated heterocycles. The molecule has 0 spiro atoms. The number of fused-ring (bicyclic) bond motifs is 1. The van der Waals surface area contributed by atoms with Gasteiger partial charge in [0.15, 0.2) is 0 Å². The minimum absolute atomic E-state index is 0.221. The van der Waals surface area contributed by atoms with E-state index in [1.807, 2.05) is 44.2 Å². The Morgan fingerprint density at radius 1 is 1.19 bits per heavy atom. The summed E-state index contributed by atoms with van der Waals surface area (Å²) < 4.78 is 24.9. The molecule has 1 amide bonds. The first kappa shape index (κ1) is 21.3. The molecular formula is C26H23FN2O3. The Kier molecular flexibility index (Phi) is 6.31. The van der Waals surface area contributed by atoms with Gasteiger partial charge in [0.25, 0.3) is 0 Å². The third kappa shape index (κ3) is 4.70. The number of ether oxygens (including phenoxy) is 1. The first-order valence-electron chi connectivity index (χ1n) is 10.4. The highest BCUT2D eigenvalue weighted by Crippen LogP contribution is 2.37. The Bertz CT molecular complexity index is 1260. The molecule has 0 aliphatic heterocycles. The number of furan rings is 1. The van der Waals surface area contributed by atoms with Crippen molar-refractivity contribution in [2.24, 2.45) is 0 Å². The Morgan fingerprint density at radius 3 is 2.72 bits per heavy atom. The topological polar surface area (TPSA) is 64.4 Å². The summed E-state index contributed by atoms with van der Waals surface area (Å²) in [6.07, 6.45) is 4.89. The normalized spacial score (nSPS) is 11.5. The van der Waals surface area contributed by atoms with Gasteiger partial charge >= 0.3 is 0 Å². The van der Waals surface area contributed by atoms with Gasteiger partial charge in [-0.25, -0.2) is 4.39 Å². The average molecular weight is 430 g/mol. The van der Waals surface area contributed by atoms with Gasteiger partial charge < -0.3 is 14.5 Å². The smallest absolute Gasteiger partial charge is 0.244 e. The first-order valence-corrected chi connectivity index (χ1v) is 10.4. The number of amides is 1. The van der Waals surface area contributed by atoms with Crippen LogP contribution in [0.2, 0.25) is 0 Å². The monoisotopic (exact) mass is 430 g/mol. The number of carbonyl (C=O) groups excluding carboxylic acids is 1. The van der Waals surface area contributed by atoms with Crippen LogP contribution in [0.1, 0.15) is 25.1 Å². The lowest BCUT2D eigenvalue weighted by molar-refractivity contribution is -0.116. The fraction of sp³-hybridized carbons (Fsp3) is 0.154. The highest BCUT2D eigenvalue weighted by atomic mass is 19.1. The molecule has 4 rings (SSSR count). The van der Waals surface area contributed by atoms with E-state index < -0.39 is 0 Å². The molecule has 5 nitrogen and oxygen atoms in total. The maximum Gasteiger partial charge on any atom is 0.244 e. The zero-order valence-corrected chi connectivity index (χ0v) is 17.9. The van der Waals surface area contributed by atoms with Crippen LogP contribution in [0.3, 0.4) is 0 Å². The minimum Gasteiger partial charge on any atom is -0.493 e. The number of hydrogen-bond donors (Lipinski definition) is 1. The Morgan fingerprint density at radius 2 is 2.00 bits per heavy atom. The van der Waals surface area contributed by atoms with Crippen LogP contribution in [0.4, 0.5) is 4.39 Å². The second-order valence-electron chi connectivity index (χ2n) is 7.30. The van der Waals surface area contributed by atoms with Crippen molar-refractivity contribution in [3.8, 4) is 16.9 Å². The number of hydrogen-bond acceptors (Lipinski definition) is 4. The highest BCUT2D eigenvalue weighted by Gasteiger charge is 2.15. The van der Waals surface area contributed by atoms with Crippen LogP contribution in [-0.2, 0) is 11.3 Å². The predicted octanol–water partition coefficient (Wildman–Crippen LogP) is 5.75. The maximum atomic E-state index is 13.4. The second kappa shape index (κ2) is 9.47. The van der Waals surface area contributed by atoms with Crippen molar-refractivity contribution in [1.82, 2.24) is 10.3 Å². The highest BCUT2D eigenvalue weighted by molar-refractivity contribution is 6.00. The first-order chi connectivity index (χ1) is 15.5. The van der Waals surface area contributed by atoms with E-state index in [4.69, 9.17) is 9.15 Å². The van der Waals surface area contributed by atoms with Crippen molar-refractivity contribution < 1.29 is 18.3 Å². The summed E-state index contributed by atoms with van der Waals surface area (Å²) in [6, 6.07) is 15.6. The van der Waals surface area contributed by atoms with Crippen molar-refractivity contribution in [1.29, 1.82) is 0 Å². The van der Waals surface area contributed by atoms with Gasteiger partial charge in [0, 0.05) is 34.9 Å². The number of nitrogens with one attached hydrogen (secondary N) is 1. The van der Waals surface area contributed by atoms with Crippen molar-refractivity contribution in [3.63, 3.8) is 0 Å². The molecule has 0 fully saturated rings. The fourth-order valence-electron chi connectivity index (χ4n) is 3.50. The number of carbonyl (C=O) groups is 1. The lowest BCUT2D eigenvalue weighted by Gasteiger charge is -2.12. The zero-order valence-electron chi connectivity index (χ0n) is 17.9. The standard InChI is InChI=1S/C26H23FN2O3/c1-3-31-24-14-25-22(23(16-32-25)18-7-9-19(27)10-8-18)13-21(24)17(2)12-26(30)29-15-20-6-4-5-11-28-20/h4-14,16H,3,15H2,1-2H3,(H,29,30)/b17-12+. The molecule has 0 atom stereocenters. The van der Waals surface area contributed by atoms with Gasteiger partial charge in [0.1, 0.15) is 17.1 Å². The van der Waals surface area contributed by atoms with Gasteiger partial charge in [0.05, 0.1) is 25.1 Å². The van der Waals surface area contributed by atoms with Gasteiger partial charge in [-0.3, -0.25) is 9.78 Å². The van der Waals surface area contributed by atoms with E-state index in [0.717, 1.165) is 33.3 Å². The van der Waals surface area contributed by atoms with Crippen LogP contribution in [0, 0.1) is 5.82 Å². The Hall–Kier alpha value is -3.93. The summed E-state index contributed by atoms with van der Waals surface area (Å²) in [5.41, 5.74) is 4.67. The summed E-state index contributed by atoms with van der Waals surface area (Å²) >= 11 is 0. The molecule has 2 aromatic carbocycles. The number of aromatic nitrogens is 1. The molecule has 32 heavy (non-hydrogen) atoms. The quantitative estimate of drug-likeness (QED) is 0.379. The molecule has 0 aliphatic rings. The van der Waals surface area contributed by atoms with Gasteiger partial charge in [-0.1, -0.05) is 18.2 Å². The number of pyridine rings is 1. The lowest BCUT2D eigenvalue weighted by Crippen LogP contribution is -2.21. The van der Waals surface area contributed by atoms with Crippen molar-refractivity contribution in [2.45, 2.75) is 20.4 Å². The second-order valence-corrected chi connectivity index (χ2v) is 7.30. The zero-order chi connectivity index (χ0) is 22.5. The van der Waals surface area contributed by atoms with E-state index in [1.165, 1.54) is 12.1 Å². The summed E-state index contributed by atoms with van der Waals surface area (Å²) in [5.74, 6) is 0.115. The van der Waals surface area contributed by atoms with Gasteiger partial charge in [-0.05, 0) is 55.3 Å². The van der Waals surface area contributed by atoms with Crippen molar-refractivity contribution in [2.75, 3.05) is 6.61 Å². The molecular weight excluding hydrogens is 407 g/mol. The summed E-state index contributed by atoms with van der Waals surface area (Å²) in [4.78, 5) is 16.7. The third-order valence-corrected chi connectivity index (χ3v) is 5.07. The molecule has 1 N–H and O–H groups in total. The fourth-order valence-corrected chi connectivity index (χ4v) is 3.50. The third-order valence-electron chi connectivity index (χ3n) is 5.07. The van der Waals surface area contributed by atoms with Crippen LogP contribution in [0.15, 0.2) is 77.6 Å². The molecule has 0 saturated carbocycles. The van der Waals surface area contributed by atoms with E-state index in [0.29, 0.717) is 24.5 Å². The van der Waals surface area contributed by atoms with E-state index in [9.17, 15) is 9.18 Å². The van der Waals surface area contributed by atoms with Crippen LogP contribution in [-0.4, -0.2) is 17.5 Å². The van der Waals surface area contributed by atoms with E-state index >= 15 is 0 Å². The minimum atomic E-state index is -0.295. The molecule has 6 heteroatoms. The number of nitrogens with zero attached hydrogens (tertiary/aromatic N) is 1.